The first-order chi connectivity index (χ1) is 52.3. The number of ether oxygens (including phenoxy) is 4. The van der Waals surface area contributed by atoms with Crippen LogP contribution < -0.4 is 28.9 Å². The van der Waals surface area contributed by atoms with Gasteiger partial charge in [-0.1, -0.05) is 47.8 Å². The molecule has 110 heavy (non-hydrogen) atoms. The van der Waals surface area contributed by atoms with Crippen molar-refractivity contribution in [1.29, 1.82) is 0 Å². The van der Waals surface area contributed by atoms with Crippen molar-refractivity contribution < 1.29 is 73.6 Å². The Hall–Kier alpha value is -8.06. The first-order valence-electron chi connectivity index (χ1n) is 36.2. The Morgan fingerprint density at radius 1 is 0.491 bits per heavy atom. The molecule has 0 spiro atoms. The number of aromatic nitrogens is 6. The van der Waals surface area contributed by atoms with Crippen LogP contribution in [0.15, 0.2) is 123 Å². The average Bonchev–Trinajstić information content (AvgIpc) is 1.59. The van der Waals surface area contributed by atoms with Crippen molar-refractivity contribution in [3.05, 3.63) is 156 Å². The Kier molecular flexibility index (Phi) is 25.0. The van der Waals surface area contributed by atoms with Gasteiger partial charge in [-0.3, -0.25) is 27.3 Å². The van der Waals surface area contributed by atoms with Gasteiger partial charge in [0, 0.05) is 101 Å². The molecule has 14 rings (SSSR count). The highest BCUT2D eigenvalue weighted by Gasteiger charge is 2.38. The van der Waals surface area contributed by atoms with E-state index in [4.69, 9.17) is 34.2 Å². The quantitative estimate of drug-likeness (QED) is 0.0314. The lowest BCUT2D eigenvalue weighted by molar-refractivity contribution is -0.262. The van der Waals surface area contributed by atoms with E-state index < -0.39 is 47.9 Å². The average molecular weight is 1760 g/mol. The number of fused-ring (bicyclic) bond motifs is 3. The van der Waals surface area contributed by atoms with Crippen LogP contribution >= 0.6 is 47.8 Å². The molecular formula is C76H89Br3N12O16S3. The molecule has 5 N–H and O–H groups in total. The largest absolute Gasteiger partial charge is 0.508 e. The molecule has 3 aromatic heterocycles. The predicted octanol–water partition coefficient (Wildman–Crippen LogP) is 11.3. The number of nitrogens with one attached hydrogen (secondary N) is 3. The van der Waals surface area contributed by atoms with Crippen molar-refractivity contribution in [3.63, 3.8) is 0 Å². The number of rotatable bonds is 26. The van der Waals surface area contributed by atoms with E-state index >= 15 is 0 Å². The molecule has 5 fully saturated rings. The molecule has 5 aliphatic rings. The van der Waals surface area contributed by atoms with Crippen molar-refractivity contribution in [2.75, 3.05) is 112 Å². The zero-order valence-electron chi connectivity index (χ0n) is 62.1. The molecule has 9 aromatic rings. The minimum absolute atomic E-state index is 0.0943. The van der Waals surface area contributed by atoms with Crippen LogP contribution in [0.5, 0.6) is 0 Å². The number of halogens is 3. The summed E-state index contributed by atoms with van der Waals surface area (Å²) in [7, 11) is -6.16. The summed E-state index contributed by atoms with van der Waals surface area (Å²) in [4.78, 5) is 50.2. The molecule has 3 saturated carbocycles. The zero-order valence-corrected chi connectivity index (χ0v) is 69.3. The smallest absolute Gasteiger partial charge is 0.434 e. The third-order valence-corrected chi connectivity index (χ3v) is 25.1. The number of hydrogen-bond acceptors (Lipinski definition) is 19. The van der Waals surface area contributed by atoms with Crippen LogP contribution in [0.3, 0.4) is 0 Å². The molecule has 0 bridgehead atoms. The number of cyclic esters (lactones) is 2. The van der Waals surface area contributed by atoms with Gasteiger partial charge in [0.15, 0.2) is 5.79 Å². The van der Waals surface area contributed by atoms with Gasteiger partial charge in [-0.25, -0.2) is 44.1 Å². The maximum Gasteiger partial charge on any atom is 0.508 e. The van der Waals surface area contributed by atoms with Crippen molar-refractivity contribution in [2.45, 2.75) is 95.2 Å². The summed E-state index contributed by atoms with van der Waals surface area (Å²) in [5, 5.41) is 43.2. The van der Waals surface area contributed by atoms with Gasteiger partial charge in [0.25, 0.3) is 17.7 Å². The zero-order chi connectivity index (χ0) is 78.9. The molecule has 28 nitrogen and oxygen atoms in total. The maximum absolute atomic E-state index is 13.1. The standard InChI is InChI=1S/C27H33BrN4O5S.C25H27BrN4O6S.C24H29BrN4O5S/c1-27(2)36-15-17(16-37-27)11-12-31(38(4,34)35)24-14-23-22(13-21(24)18-5-6-18)25(26(33)29-3)32(30-23)20-9-7-19(28)8-10-20;1-27-24(31)23-20-11-19(16-3-4-16)22(12-21(20)28-30(23)18-7-5-17(26)6-8-18)29(37(2,33)34)10-9-15-13-35-25(32)36-14-15;1-26-24(32)23-20-11-19(16-3-4-16)22(28(35(2,33)34)10-9-15(13-30)14-31)12-21(20)27-29(23)18-7-5-17(25)6-8-18/h7-10,13-14,17-18H,5-6,11-12,15-16H2,1-4H3,(H,29,33);5-8,11-12,15-16H,3-4,9-10,13-14H2,1-2H3,(H,27,31);5-8,11-12,15-16,30-31H,3-4,9-10,13-14H2,1-2H3,(H,26,32). The summed E-state index contributed by atoms with van der Waals surface area (Å²) in [5.41, 5.74) is 9.30. The SMILES string of the molecule is CNC(=O)c1c2cc(C3CC3)c(N(CCC(CO)CO)S(C)(=O)=O)cc2nn1-c1ccc(Br)cc1.CNC(=O)c1c2cc(C3CC3)c(N(CCC3COC(=O)OC3)S(C)(=O)=O)cc2nn1-c1ccc(Br)cc1.CNC(=O)c1c2cc(C3CC3)c(N(CCC3COC(C)(C)OC3)S(C)(=O)=O)cc2nn1-c1ccc(Br)cc1. The van der Waals surface area contributed by atoms with Gasteiger partial charge < -0.3 is 45.1 Å². The van der Waals surface area contributed by atoms with E-state index in [1.807, 2.05) is 111 Å². The Bertz CT molecular complexity index is 5280. The van der Waals surface area contributed by atoms with E-state index in [1.165, 1.54) is 25.4 Å². The second-order valence-corrected chi connectivity index (χ2v) is 37.3. The van der Waals surface area contributed by atoms with E-state index in [0.29, 0.717) is 117 Å². The Morgan fingerprint density at radius 3 is 1.05 bits per heavy atom. The number of amides is 3. The van der Waals surface area contributed by atoms with Crippen LogP contribution in [0.4, 0.5) is 21.9 Å². The number of nitrogens with zero attached hydrogens (tertiary/aromatic N) is 9. The molecule has 0 radical (unpaired) electrons. The summed E-state index contributed by atoms with van der Waals surface area (Å²) in [6, 6.07) is 33.5. The third-order valence-electron chi connectivity index (χ3n) is 20.0. The monoisotopic (exact) mass is 1760 g/mol. The number of carbonyl (C=O) groups excluding carboxylic acids is 4. The molecule has 2 saturated heterocycles. The van der Waals surface area contributed by atoms with Crippen LogP contribution in [0.1, 0.15) is 138 Å². The lowest BCUT2D eigenvalue weighted by Crippen LogP contribution is -2.41. The Morgan fingerprint density at radius 2 is 0.782 bits per heavy atom. The van der Waals surface area contributed by atoms with Gasteiger partial charge in [-0.15, -0.1) is 0 Å². The molecule has 2 aliphatic heterocycles. The molecule has 3 aliphatic carbocycles. The van der Waals surface area contributed by atoms with E-state index in [-0.39, 0.29) is 86.8 Å². The highest BCUT2D eigenvalue weighted by molar-refractivity contribution is 9.11. The minimum atomic E-state index is -3.66. The Labute approximate surface area is 664 Å². The highest BCUT2D eigenvalue weighted by Crippen LogP contribution is 2.50. The number of carbonyl (C=O) groups is 4. The molecule has 0 unspecified atom stereocenters. The molecule has 6 aromatic carbocycles. The lowest BCUT2D eigenvalue weighted by atomic mass is 10.0. The minimum Gasteiger partial charge on any atom is -0.434 e. The maximum atomic E-state index is 13.1. The van der Waals surface area contributed by atoms with Crippen LogP contribution in [0.2, 0.25) is 0 Å². The second kappa shape index (κ2) is 33.7. The van der Waals surface area contributed by atoms with Gasteiger partial charge in [0.2, 0.25) is 30.1 Å². The fourth-order valence-electron chi connectivity index (χ4n) is 13.6. The van der Waals surface area contributed by atoms with Crippen LogP contribution in [0.25, 0.3) is 49.8 Å². The van der Waals surface area contributed by atoms with Gasteiger partial charge in [-0.05, 0) is 215 Å². The normalized spacial score (nSPS) is 16.2. The van der Waals surface area contributed by atoms with E-state index in [9.17, 15) is 54.6 Å². The molecule has 5 heterocycles. The summed E-state index contributed by atoms with van der Waals surface area (Å²) >= 11 is 10.3. The van der Waals surface area contributed by atoms with Crippen molar-refractivity contribution in [1.82, 2.24) is 45.3 Å². The van der Waals surface area contributed by atoms with Gasteiger partial charge >= 0.3 is 6.16 Å². The number of anilines is 3. The molecule has 0 atom stereocenters. The summed E-state index contributed by atoms with van der Waals surface area (Å²) in [6.07, 6.45) is 9.94. The predicted molar refractivity (Wildman–Crippen MR) is 431 cm³/mol. The fourth-order valence-corrected chi connectivity index (χ4v) is 17.3. The summed E-state index contributed by atoms with van der Waals surface area (Å²) in [5.74, 6) is -1.24. The van der Waals surface area contributed by atoms with Gasteiger partial charge in [0.1, 0.15) is 30.3 Å². The number of sulfonamides is 3. The lowest BCUT2D eigenvalue weighted by Gasteiger charge is -2.36. The van der Waals surface area contributed by atoms with Crippen LogP contribution in [-0.2, 0) is 49.0 Å². The number of aliphatic hydroxyl groups excluding tert-OH is 2. The van der Waals surface area contributed by atoms with Crippen molar-refractivity contribution >= 4 is 152 Å². The third kappa shape index (κ3) is 18.8. The first kappa shape index (κ1) is 81.4. The van der Waals surface area contributed by atoms with Crippen molar-refractivity contribution in [2.24, 2.45) is 17.8 Å². The Balaban J connectivity index is 0.000000154. The molecule has 34 heteroatoms. The number of aliphatic hydroxyl groups is 2. The van der Waals surface area contributed by atoms with Crippen LogP contribution in [0, 0.1) is 17.8 Å². The van der Waals surface area contributed by atoms with E-state index in [0.717, 1.165) is 80.6 Å². The van der Waals surface area contributed by atoms with Crippen LogP contribution in [-0.4, -0.2) is 194 Å². The fraction of sp³-hybridized carbons (Fsp3) is 0.434. The highest BCUT2D eigenvalue weighted by atomic mass is 79.9. The molecule has 588 valence electrons. The van der Waals surface area contributed by atoms with Gasteiger partial charge in [0.05, 0.1) is 82.7 Å². The number of benzene rings is 6. The van der Waals surface area contributed by atoms with E-state index in [2.05, 4.69) is 63.7 Å². The van der Waals surface area contributed by atoms with E-state index in [1.54, 1.807) is 47.3 Å². The molecule has 3 amide bonds. The topological polar surface area (TPSA) is 347 Å². The second-order valence-electron chi connectivity index (χ2n) is 28.8. The van der Waals surface area contributed by atoms with Crippen molar-refractivity contribution in [3.8, 4) is 17.1 Å². The molecular weight excluding hydrogens is 1670 g/mol. The summed E-state index contributed by atoms with van der Waals surface area (Å²) < 4.78 is 111. The number of hydrogen-bond donors (Lipinski definition) is 5. The first-order valence-corrected chi connectivity index (χ1v) is 44.1. The van der Waals surface area contributed by atoms with Gasteiger partial charge in [-0.2, -0.15) is 15.3 Å². The summed E-state index contributed by atoms with van der Waals surface area (Å²) in [6.45, 7) is 5.35.